The third-order valence-electron chi connectivity index (χ3n) is 2.96. The molecule has 0 spiro atoms. The first-order valence-corrected chi connectivity index (χ1v) is 6.84. The highest BCUT2D eigenvalue weighted by Gasteiger charge is 2.21. The largest absolute Gasteiger partial charge is 0.274 e. The van der Waals surface area contributed by atoms with Crippen LogP contribution in [0, 0.1) is 5.92 Å². The van der Waals surface area contributed by atoms with E-state index in [9.17, 15) is 8.42 Å². The van der Waals surface area contributed by atoms with Crippen molar-refractivity contribution in [3.8, 4) is 0 Å². The maximum atomic E-state index is 10.8. The molecule has 0 radical (unpaired) electrons. The molecule has 5 heteroatoms. The second-order valence-corrected chi connectivity index (χ2v) is 5.53. The van der Waals surface area contributed by atoms with Gasteiger partial charge in [0.1, 0.15) is 0 Å². The van der Waals surface area contributed by atoms with E-state index in [1.54, 1.807) is 0 Å². The van der Waals surface area contributed by atoms with Crippen LogP contribution in [0.3, 0.4) is 0 Å². The molecule has 0 aromatic heterocycles. The van der Waals surface area contributed by atoms with Crippen molar-refractivity contribution >= 4 is 10.2 Å². The van der Waals surface area contributed by atoms with Gasteiger partial charge in [-0.3, -0.25) is 0 Å². The molecule has 1 aliphatic carbocycles. The standard InChI is InChI=1S/C9H20N2O2S/c1-8(11-14(10,12)13)9-6-4-2-3-5-7-9/h8-9,11H,2-7H2,1H3,(H2,10,12,13)/t8-/m0/s1. The van der Waals surface area contributed by atoms with Gasteiger partial charge in [0.15, 0.2) is 0 Å². The summed E-state index contributed by atoms with van der Waals surface area (Å²) in [5.74, 6) is 0.454. The van der Waals surface area contributed by atoms with Gasteiger partial charge in [0.25, 0.3) is 10.2 Å². The van der Waals surface area contributed by atoms with Crippen LogP contribution in [0.2, 0.25) is 0 Å². The first kappa shape index (κ1) is 11.9. The minimum Gasteiger partial charge on any atom is -0.216 e. The maximum Gasteiger partial charge on any atom is 0.274 e. The van der Waals surface area contributed by atoms with E-state index in [0.717, 1.165) is 12.8 Å². The van der Waals surface area contributed by atoms with Gasteiger partial charge >= 0.3 is 0 Å². The molecule has 0 bridgehead atoms. The van der Waals surface area contributed by atoms with E-state index in [-0.39, 0.29) is 6.04 Å². The van der Waals surface area contributed by atoms with Crippen LogP contribution in [0.15, 0.2) is 0 Å². The minimum absolute atomic E-state index is 0.0249. The molecule has 1 fully saturated rings. The summed E-state index contributed by atoms with van der Waals surface area (Å²) < 4.78 is 24.1. The summed E-state index contributed by atoms with van der Waals surface area (Å²) in [6.45, 7) is 1.90. The quantitative estimate of drug-likeness (QED) is 0.700. The number of hydrogen-bond acceptors (Lipinski definition) is 2. The van der Waals surface area contributed by atoms with E-state index in [2.05, 4.69) is 4.72 Å². The van der Waals surface area contributed by atoms with Gasteiger partial charge in [-0.25, -0.2) is 5.14 Å². The van der Waals surface area contributed by atoms with Crippen LogP contribution < -0.4 is 9.86 Å². The summed E-state index contributed by atoms with van der Waals surface area (Å²) in [5.41, 5.74) is 0. The molecule has 4 nitrogen and oxygen atoms in total. The molecule has 0 saturated heterocycles. The molecule has 0 aromatic carbocycles. The van der Waals surface area contributed by atoms with E-state index in [4.69, 9.17) is 5.14 Å². The molecule has 0 heterocycles. The average molecular weight is 220 g/mol. The first-order valence-electron chi connectivity index (χ1n) is 5.29. The first-order chi connectivity index (χ1) is 6.49. The van der Waals surface area contributed by atoms with Crippen LogP contribution in [-0.2, 0) is 10.2 Å². The zero-order valence-electron chi connectivity index (χ0n) is 8.70. The Bertz CT molecular complexity index is 256. The molecule has 1 rings (SSSR count). The summed E-state index contributed by atoms with van der Waals surface area (Å²) in [5, 5.41) is 4.94. The Morgan fingerprint density at radius 3 is 2.14 bits per heavy atom. The predicted octanol–water partition coefficient (Wildman–Crippen LogP) is 1.14. The normalized spacial score (nSPS) is 23.0. The lowest BCUT2D eigenvalue weighted by molar-refractivity contribution is 0.371. The van der Waals surface area contributed by atoms with Crippen LogP contribution in [0.25, 0.3) is 0 Å². The lowest BCUT2D eigenvalue weighted by atomic mass is 9.94. The Kier molecular flexibility index (Phi) is 4.34. The third kappa shape index (κ3) is 4.39. The highest BCUT2D eigenvalue weighted by atomic mass is 32.2. The molecule has 1 saturated carbocycles. The van der Waals surface area contributed by atoms with Gasteiger partial charge in [-0.2, -0.15) is 13.1 Å². The molecule has 0 aliphatic heterocycles. The Hall–Kier alpha value is -0.130. The number of rotatable bonds is 3. The van der Waals surface area contributed by atoms with Crippen molar-refractivity contribution in [2.75, 3.05) is 0 Å². The van der Waals surface area contributed by atoms with Crippen molar-refractivity contribution < 1.29 is 8.42 Å². The van der Waals surface area contributed by atoms with Gasteiger partial charge in [0.05, 0.1) is 0 Å². The topological polar surface area (TPSA) is 72.2 Å². The summed E-state index contributed by atoms with van der Waals surface area (Å²) in [6, 6.07) is -0.0249. The summed E-state index contributed by atoms with van der Waals surface area (Å²) >= 11 is 0. The van der Waals surface area contributed by atoms with E-state index >= 15 is 0 Å². The zero-order chi connectivity index (χ0) is 10.6. The summed E-state index contributed by atoms with van der Waals surface area (Å²) in [7, 11) is -3.53. The van der Waals surface area contributed by atoms with E-state index in [1.165, 1.54) is 25.7 Å². The lowest BCUT2D eigenvalue weighted by Gasteiger charge is -2.22. The molecule has 14 heavy (non-hydrogen) atoms. The van der Waals surface area contributed by atoms with E-state index < -0.39 is 10.2 Å². The Morgan fingerprint density at radius 2 is 1.71 bits per heavy atom. The second kappa shape index (κ2) is 5.09. The molecule has 1 aliphatic rings. The molecule has 0 unspecified atom stereocenters. The van der Waals surface area contributed by atoms with Crippen LogP contribution >= 0.6 is 0 Å². The monoisotopic (exact) mass is 220 g/mol. The highest BCUT2D eigenvalue weighted by Crippen LogP contribution is 2.25. The van der Waals surface area contributed by atoms with Gasteiger partial charge in [0.2, 0.25) is 0 Å². The third-order valence-corrected chi connectivity index (χ3v) is 3.66. The fraction of sp³-hybridized carbons (Fsp3) is 1.00. The number of nitrogens with one attached hydrogen (secondary N) is 1. The average Bonchev–Trinajstić information content (AvgIpc) is 2.27. The smallest absolute Gasteiger partial charge is 0.216 e. The highest BCUT2D eigenvalue weighted by molar-refractivity contribution is 7.87. The van der Waals surface area contributed by atoms with Gasteiger partial charge < -0.3 is 0 Å². The SMILES string of the molecule is C[C@H](NS(N)(=O)=O)C1CCCCCC1. The van der Waals surface area contributed by atoms with Crippen molar-refractivity contribution in [1.29, 1.82) is 0 Å². The predicted molar refractivity (Wildman–Crippen MR) is 56.9 cm³/mol. The molecular formula is C9H20N2O2S. The second-order valence-electron chi connectivity index (χ2n) is 4.20. The molecule has 0 aromatic rings. The Balaban J connectivity index is 2.45. The zero-order valence-corrected chi connectivity index (χ0v) is 9.52. The van der Waals surface area contributed by atoms with Crippen molar-refractivity contribution in [3.63, 3.8) is 0 Å². The lowest BCUT2D eigenvalue weighted by Crippen LogP contribution is -2.41. The van der Waals surface area contributed by atoms with Crippen LogP contribution in [0.1, 0.15) is 45.4 Å². The van der Waals surface area contributed by atoms with Crippen molar-refractivity contribution in [2.24, 2.45) is 11.1 Å². The summed E-state index contributed by atoms with van der Waals surface area (Å²) in [4.78, 5) is 0. The number of nitrogens with two attached hydrogens (primary N) is 1. The molecule has 1 atom stereocenters. The van der Waals surface area contributed by atoms with Crippen molar-refractivity contribution in [1.82, 2.24) is 4.72 Å². The number of hydrogen-bond donors (Lipinski definition) is 2. The van der Waals surface area contributed by atoms with Crippen LogP contribution in [0.5, 0.6) is 0 Å². The van der Waals surface area contributed by atoms with Gasteiger partial charge in [-0.05, 0) is 25.7 Å². The van der Waals surface area contributed by atoms with Crippen LogP contribution in [-0.4, -0.2) is 14.5 Å². The molecular weight excluding hydrogens is 200 g/mol. The van der Waals surface area contributed by atoms with Gasteiger partial charge in [-0.1, -0.05) is 25.7 Å². The van der Waals surface area contributed by atoms with Crippen molar-refractivity contribution in [2.45, 2.75) is 51.5 Å². The molecule has 84 valence electrons. The maximum absolute atomic E-state index is 10.8. The van der Waals surface area contributed by atoms with Gasteiger partial charge in [0, 0.05) is 6.04 Å². The fourth-order valence-electron chi connectivity index (χ4n) is 2.17. The Labute approximate surface area is 86.4 Å². The van der Waals surface area contributed by atoms with Gasteiger partial charge in [-0.15, -0.1) is 0 Å². The van der Waals surface area contributed by atoms with E-state index in [0.29, 0.717) is 5.92 Å². The molecule has 0 amide bonds. The molecule has 3 N–H and O–H groups in total. The van der Waals surface area contributed by atoms with Crippen molar-refractivity contribution in [3.05, 3.63) is 0 Å². The summed E-state index contributed by atoms with van der Waals surface area (Å²) in [6.07, 6.45) is 7.20. The van der Waals surface area contributed by atoms with Crippen LogP contribution in [0.4, 0.5) is 0 Å². The van der Waals surface area contributed by atoms with E-state index in [1.807, 2.05) is 6.92 Å². The Morgan fingerprint density at radius 1 is 1.21 bits per heavy atom. The minimum atomic E-state index is -3.53. The fourth-order valence-corrected chi connectivity index (χ4v) is 2.88.